The highest BCUT2D eigenvalue weighted by atomic mass is 32.2. The van der Waals surface area contributed by atoms with Gasteiger partial charge < -0.3 is 14.2 Å². The van der Waals surface area contributed by atoms with E-state index in [0.29, 0.717) is 29.4 Å². The highest BCUT2D eigenvalue weighted by Crippen LogP contribution is 2.38. The number of hydrogen-bond acceptors (Lipinski definition) is 6. The first-order chi connectivity index (χ1) is 12.9. The Hall–Kier alpha value is -2.74. The Kier molecular flexibility index (Phi) is 5.27. The first-order valence-corrected chi connectivity index (χ1v) is 10.2. The van der Waals surface area contributed by atoms with Crippen LogP contribution in [-0.4, -0.2) is 46.1 Å². The number of hydrazone groups is 1. The molecule has 27 heavy (non-hydrogen) atoms. The lowest BCUT2D eigenvalue weighted by molar-refractivity contribution is 0.364. The topological polar surface area (TPSA) is 77.4 Å². The van der Waals surface area contributed by atoms with Crippen LogP contribution in [-0.2, 0) is 10.0 Å². The Morgan fingerprint density at radius 3 is 2.19 bits per heavy atom. The van der Waals surface area contributed by atoms with Crippen molar-refractivity contribution in [1.29, 1.82) is 0 Å². The minimum absolute atomic E-state index is 0.407. The van der Waals surface area contributed by atoms with Gasteiger partial charge in [-0.2, -0.15) is 9.52 Å². The summed E-state index contributed by atoms with van der Waals surface area (Å²) in [7, 11) is 1.11. The molecule has 8 heteroatoms. The van der Waals surface area contributed by atoms with Gasteiger partial charge in [-0.05, 0) is 29.8 Å². The molecule has 144 valence electrons. The van der Waals surface area contributed by atoms with Crippen molar-refractivity contribution in [3.05, 3.63) is 53.6 Å². The molecule has 0 unspecified atom stereocenters. The zero-order valence-electron chi connectivity index (χ0n) is 15.7. The van der Waals surface area contributed by atoms with Gasteiger partial charge >= 0.3 is 0 Å². The summed E-state index contributed by atoms with van der Waals surface area (Å²) in [6.45, 7) is 0. The van der Waals surface area contributed by atoms with E-state index in [4.69, 9.17) is 14.2 Å². The third kappa shape index (κ3) is 3.85. The fraction of sp³-hybridized carbons (Fsp3) is 0.316. The molecular formula is C19H22N2O5S. The molecule has 0 bridgehead atoms. The van der Waals surface area contributed by atoms with E-state index in [-0.39, 0.29) is 0 Å². The van der Waals surface area contributed by atoms with Crippen LogP contribution in [0.1, 0.15) is 23.6 Å². The van der Waals surface area contributed by atoms with Gasteiger partial charge in [0.25, 0.3) is 0 Å². The lowest BCUT2D eigenvalue weighted by atomic mass is 9.98. The molecule has 1 aliphatic rings. The maximum atomic E-state index is 12.4. The fourth-order valence-corrected chi connectivity index (χ4v) is 4.02. The highest BCUT2D eigenvalue weighted by Gasteiger charge is 2.35. The molecule has 7 nitrogen and oxygen atoms in total. The van der Waals surface area contributed by atoms with Crippen LogP contribution in [0.15, 0.2) is 47.6 Å². The van der Waals surface area contributed by atoms with Crippen LogP contribution in [0.25, 0.3) is 0 Å². The number of benzene rings is 2. The normalized spacial score (nSPS) is 16.8. The Morgan fingerprint density at radius 2 is 1.63 bits per heavy atom. The van der Waals surface area contributed by atoms with Gasteiger partial charge in [0.1, 0.15) is 17.2 Å². The summed E-state index contributed by atoms with van der Waals surface area (Å²) in [5.41, 5.74) is 2.15. The van der Waals surface area contributed by atoms with Crippen LogP contribution in [0, 0.1) is 0 Å². The Morgan fingerprint density at radius 1 is 1.00 bits per heavy atom. The molecule has 1 aliphatic heterocycles. The van der Waals surface area contributed by atoms with Crippen LogP contribution in [0.5, 0.6) is 17.2 Å². The number of ether oxygens (including phenoxy) is 3. The van der Waals surface area contributed by atoms with Crippen molar-refractivity contribution in [2.24, 2.45) is 5.10 Å². The van der Waals surface area contributed by atoms with Crippen LogP contribution < -0.4 is 14.2 Å². The van der Waals surface area contributed by atoms with E-state index in [1.807, 2.05) is 24.3 Å². The minimum Gasteiger partial charge on any atom is -0.497 e. The van der Waals surface area contributed by atoms with E-state index in [2.05, 4.69) is 5.10 Å². The molecule has 0 saturated heterocycles. The summed E-state index contributed by atoms with van der Waals surface area (Å²) < 4.78 is 42.0. The van der Waals surface area contributed by atoms with Crippen molar-refractivity contribution in [3.63, 3.8) is 0 Å². The van der Waals surface area contributed by atoms with E-state index in [0.717, 1.165) is 21.8 Å². The highest BCUT2D eigenvalue weighted by molar-refractivity contribution is 7.88. The first-order valence-electron chi connectivity index (χ1n) is 8.30. The van der Waals surface area contributed by atoms with Gasteiger partial charge in [-0.25, -0.2) is 8.42 Å². The molecule has 0 radical (unpaired) electrons. The monoisotopic (exact) mass is 390 g/mol. The summed E-state index contributed by atoms with van der Waals surface area (Å²) in [5.74, 6) is 1.82. The van der Waals surface area contributed by atoms with Gasteiger partial charge in [0.2, 0.25) is 10.0 Å². The summed E-state index contributed by atoms with van der Waals surface area (Å²) in [5, 5.41) is 4.41. The Balaban J connectivity index is 2.07. The molecule has 0 spiro atoms. The second kappa shape index (κ2) is 7.48. The number of nitrogens with zero attached hydrogens (tertiary/aromatic N) is 2. The summed E-state index contributed by atoms with van der Waals surface area (Å²) in [4.78, 5) is 0. The summed E-state index contributed by atoms with van der Waals surface area (Å²) >= 11 is 0. The molecule has 1 heterocycles. The van der Waals surface area contributed by atoms with Gasteiger partial charge in [-0.3, -0.25) is 0 Å². The van der Waals surface area contributed by atoms with Crippen molar-refractivity contribution in [2.75, 3.05) is 27.6 Å². The SMILES string of the molecule is COc1cc(OC)cc([C@@H]2CC(c3ccccc3OC)=NN2S(C)(=O)=O)c1. The van der Waals surface area contributed by atoms with Gasteiger partial charge in [0, 0.05) is 18.1 Å². The lowest BCUT2D eigenvalue weighted by Crippen LogP contribution is -2.26. The lowest BCUT2D eigenvalue weighted by Gasteiger charge is -2.22. The maximum Gasteiger partial charge on any atom is 0.247 e. The zero-order valence-corrected chi connectivity index (χ0v) is 16.5. The fourth-order valence-electron chi connectivity index (χ4n) is 3.11. The Bertz CT molecular complexity index is 950. The van der Waals surface area contributed by atoms with E-state index in [1.54, 1.807) is 39.5 Å². The second-order valence-corrected chi connectivity index (χ2v) is 7.99. The van der Waals surface area contributed by atoms with Crippen molar-refractivity contribution < 1.29 is 22.6 Å². The molecule has 1 atom stereocenters. The van der Waals surface area contributed by atoms with Crippen LogP contribution >= 0.6 is 0 Å². The minimum atomic E-state index is -3.58. The van der Waals surface area contributed by atoms with Crippen molar-refractivity contribution in [2.45, 2.75) is 12.5 Å². The van der Waals surface area contributed by atoms with Gasteiger partial charge in [-0.15, -0.1) is 0 Å². The number of para-hydroxylation sites is 1. The van der Waals surface area contributed by atoms with Crippen LogP contribution in [0.3, 0.4) is 0 Å². The molecule has 2 aromatic rings. The quantitative estimate of drug-likeness (QED) is 0.758. The van der Waals surface area contributed by atoms with Crippen molar-refractivity contribution in [1.82, 2.24) is 4.41 Å². The smallest absolute Gasteiger partial charge is 0.247 e. The molecule has 0 amide bonds. The third-order valence-electron chi connectivity index (χ3n) is 4.39. The first kappa shape index (κ1) is 19.0. The third-order valence-corrected chi connectivity index (χ3v) is 5.40. The number of hydrogen-bond donors (Lipinski definition) is 0. The van der Waals surface area contributed by atoms with Gasteiger partial charge in [0.05, 0.1) is 39.3 Å². The summed E-state index contributed by atoms with van der Waals surface area (Å²) in [6.07, 6.45) is 1.55. The van der Waals surface area contributed by atoms with E-state index in [1.165, 1.54) is 0 Å². The standard InChI is InChI=1S/C19H22N2O5S/c1-24-14-9-13(10-15(11-14)25-2)18-12-17(20-21(18)27(4,22)23)16-7-5-6-8-19(16)26-3/h5-11,18H,12H2,1-4H3/t18-/m0/s1. The molecule has 0 aromatic heterocycles. The number of methoxy groups -OCH3 is 3. The largest absolute Gasteiger partial charge is 0.497 e. The number of sulfonamides is 1. The van der Waals surface area contributed by atoms with Crippen LogP contribution in [0.2, 0.25) is 0 Å². The molecule has 0 N–H and O–H groups in total. The number of rotatable bonds is 6. The molecule has 0 fully saturated rings. The van der Waals surface area contributed by atoms with Crippen LogP contribution in [0.4, 0.5) is 0 Å². The predicted molar refractivity (Wildman–Crippen MR) is 103 cm³/mol. The molecular weight excluding hydrogens is 368 g/mol. The molecule has 0 saturated carbocycles. The van der Waals surface area contributed by atoms with Gasteiger partial charge in [0.15, 0.2) is 0 Å². The molecule has 0 aliphatic carbocycles. The Labute approximate surface area is 159 Å². The van der Waals surface area contributed by atoms with Crippen molar-refractivity contribution in [3.8, 4) is 17.2 Å². The zero-order chi connectivity index (χ0) is 19.6. The average Bonchev–Trinajstić information content (AvgIpc) is 3.13. The maximum absolute atomic E-state index is 12.4. The van der Waals surface area contributed by atoms with E-state index < -0.39 is 16.1 Å². The van der Waals surface area contributed by atoms with Gasteiger partial charge in [-0.1, -0.05) is 12.1 Å². The van der Waals surface area contributed by atoms with E-state index in [9.17, 15) is 8.42 Å². The van der Waals surface area contributed by atoms with Crippen molar-refractivity contribution >= 4 is 15.7 Å². The molecule has 3 rings (SSSR count). The average molecular weight is 390 g/mol. The predicted octanol–water partition coefficient (Wildman–Crippen LogP) is 2.82. The van der Waals surface area contributed by atoms with E-state index >= 15 is 0 Å². The second-order valence-electron chi connectivity index (χ2n) is 6.15. The molecule has 2 aromatic carbocycles. The summed E-state index contributed by atoms with van der Waals surface area (Å²) in [6, 6.07) is 12.3.